The molecule has 1 aromatic rings. The van der Waals surface area contributed by atoms with Gasteiger partial charge in [0.25, 0.3) is 0 Å². The number of nitrogens with one attached hydrogen (secondary N) is 1. The van der Waals surface area contributed by atoms with E-state index >= 15 is 0 Å². The molecular weight excluding hydrogens is 351 g/mol. The van der Waals surface area contributed by atoms with E-state index in [0.717, 1.165) is 23.1 Å². The Morgan fingerprint density at radius 2 is 2.00 bits per heavy atom. The lowest BCUT2D eigenvalue weighted by Crippen LogP contribution is -2.38. The molecule has 6 heteroatoms. The summed E-state index contributed by atoms with van der Waals surface area (Å²) in [6.45, 7) is 1.62. The van der Waals surface area contributed by atoms with E-state index in [-0.39, 0.29) is 6.04 Å². The lowest BCUT2D eigenvalue weighted by molar-refractivity contribution is 0.388. The van der Waals surface area contributed by atoms with Crippen molar-refractivity contribution in [3.05, 3.63) is 27.8 Å². The number of likely N-dealkylation sites (N-methyl/N-ethyl adjacent to an activating group) is 1. The van der Waals surface area contributed by atoms with Crippen LogP contribution in [0.15, 0.2) is 29.2 Å². The Balaban J connectivity index is 2.26. The molecule has 0 radical (unpaired) electrons. The van der Waals surface area contributed by atoms with Crippen LogP contribution in [0.1, 0.15) is 6.42 Å². The summed E-state index contributed by atoms with van der Waals surface area (Å²) in [6, 6.07) is 7.02. The molecule has 1 atom stereocenters. The maximum Gasteiger partial charge on any atom is 0.243 e. The number of halogens is 1. The summed E-state index contributed by atoms with van der Waals surface area (Å²) in [5, 5.41) is 3.18. The van der Waals surface area contributed by atoms with Gasteiger partial charge in [0.2, 0.25) is 10.0 Å². The summed E-state index contributed by atoms with van der Waals surface area (Å²) in [5.41, 5.74) is 0. The molecule has 0 saturated carbocycles. The fourth-order valence-electron chi connectivity index (χ4n) is 1.92. The van der Waals surface area contributed by atoms with E-state index in [2.05, 4.69) is 27.9 Å². The zero-order valence-corrected chi connectivity index (χ0v) is 12.5. The molecule has 4 nitrogen and oxygen atoms in total. The topological polar surface area (TPSA) is 49.4 Å². The Hall–Kier alpha value is -0.180. The normalized spacial score (nSPS) is 21.0. The van der Waals surface area contributed by atoms with Crippen LogP contribution in [-0.4, -0.2) is 38.9 Å². The highest BCUT2D eigenvalue weighted by Gasteiger charge is 2.29. The van der Waals surface area contributed by atoms with Gasteiger partial charge in [0.15, 0.2) is 0 Å². The Kier molecular flexibility index (Phi) is 4.06. The third kappa shape index (κ3) is 2.81. The van der Waals surface area contributed by atoms with Crippen molar-refractivity contribution in [3.8, 4) is 0 Å². The Morgan fingerprint density at radius 3 is 2.53 bits per heavy atom. The van der Waals surface area contributed by atoms with E-state index in [1.807, 2.05) is 12.1 Å². The molecule has 1 heterocycles. The number of hydrogen-bond donors (Lipinski definition) is 1. The first kappa shape index (κ1) is 13.3. The van der Waals surface area contributed by atoms with Crippen LogP contribution in [0.2, 0.25) is 0 Å². The third-order valence-electron chi connectivity index (χ3n) is 3.04. The highest BCUT2D eigenvalue weighted by molar-refractivity contribution is 14.1. The molecule has 0 aromatic heterocycles. The van der Waals surface area contributed by atoms with Crippen LogP contribution in [0.25, 0.3) is 0 Å². The van der Waals surface area contributed by atoms with Crippen LogP contribution >= 0.6 is 22.6 Å². The number of sulfonamides is 1. The molecule has 1 aromatic carbocycles. The van der Waals surface area contributed by atoms with Crippen LogP contribution in [0, 0.1) is 3.57 Å². The average molecular weight is 366 g/mol. The molecule has 1 unspecified atom stereocenters. The van der Waals surface area contributed by atoms with Gasteiger partial charge in [-0.25, -0.2) is 8.42 Å². The van der Waals surface area contributed by atoms with Gasteiger partial charge in [-0.05, 0) is 59.8 Å². The van der Waals surface area contributed by atoms with Gasteiger partial charge in [-0.3, -0.25) is 0 Å². The fourth-order valence-corrected chi connectivity index (χ4v) is 3.66. The maximum atomic E-state index is 12.3. The second-order valence-electron chi connectivity index (χ2n) is 4.12. The molecule has 0 spiro atoms. The van der Waals surface area contributed by atoms with Gasteiger partial charge in [-0.15, -0.1) is 0 Å². The lowest BCUT2D eigenvalue weighted by atomic mass is 10.3. The quantitative estimate of drug-likeness (QED) is 0.820. The van der Waals surface area contributed by atoms with Crippen LogP contribution in [0.4, 0.5) is 0 Å². The Morgan fingerprint density at radius 1 is 1.35 bits per heavy atom. The van der Waals surface area contributed by atoms with Gasteiger partial charge in [0, 0.05) is 23.2 Å². The SMILES string of the molecule is CN(C1CCNC1)S(=O)(=O)c1ccc(I)cc1. The molecule has 0 aliphatic carbocycles. The van der Waals surface area contributed by atoms with E-state index in [9.17, 15) is 8.42 Å². The summed E-state index contributed by atoms with van der Waals surface area (Å²) in [6.07, 6.45) is 0.875. The molecule has 94 valence electrons. The second kappa shape index (κ2) is 5.21. The van der Waals surface area contributed by atoms with Crippen LogP contribution in [0.3, 0.4) is 0 Å². The lowest BCUT2D eigenvalue weighted by Gasteiger charge is -2.23. The summed E-state index contributed by atoms with van der Waals surface area (Å²) >= 11 is 2.16. The van der Waals surface area contributed by atoms with E-state index in [4.69, 9.17) is 0 Å². The molecule has 0 bridgehead atoms. The van der Waals surface area contributed by atoms with Gasteiger partial charge in [0.1, 0.15) is 0 Å². The largest absolute Gasteiger partial charge is 0.315 e. The minimum Gasteiger partial charge on any atom is -0.315 e. The minimum absolute atomic E-state index is 0.0688. The smallest absolute Gasteiger partial charge is 0.243 e. The molecule has 1 aliphatic heterocycles. The molecule has 1 N–H and O–H groups in total. The highest BCUT2D eigenvalue weighted by atomic mass is 127. The molecule has 0 amide bonds. The van der Waals surface area contributed by atoms with Gasteiger partial charge in [-0.2, -0.15) is 4.31 Å². The monoisotopic (exact) mass is 366 g/mol. The summed E-state index contributed by atoms with van der Waals surface area (Å²) in [4.78, 5) is 0.368. The molecule has 1 aliphatic rings. The number of benzene rings is 1. The van der Waals surface area contributed by atoms with Crippen molar-refractivity contribution in [3.63, 3.8) is 0 Å². The summed E-state index contributed by atoms with van der Waals surface area (Å²) in [7, 11) is -1.69. The first-order valence-electron chi connectivity index (χ1n) is 5.46. The van der Waals surface area contributed by atoms with Gasteiger partial charge < -0.3 is 5.32 Å². The summed E-state index contributed by atoms with van der Waals surface area (Å²) in [5.74, 6) is 0. The van der Waals surface area contributed by atoms with E-state index in [1.54, 1.807) is 19.2 Å². The van der Waals surface area contributed by atoms with Crippen molar-refractivity contribution < 1.29 is 8.42 Å². The zero-order chi connectivity index (χ0) is 12.5. The van der Waals surface area contributed by atoms with E-state index in [1.165, 1.54) is 4.31 Å². The molecule has 1 fully saturated rings. The van der Waals surface area contributed by atoms with Crippen LogP contribution in [-0.2, 0) is 10.0 Å². The first-order chi connectivity index (χ1) is 8.01. The van der Waals surface area contributed by atoms with Crippen LogP contribution < -0.4 is 5.32 Å². The number of rotatable bonds is 3. The zero-order valence-electron chi connectivity index (χ0n) is 9.56. The molecular formula is C11H15IN2O2S. The van der Waals surface area contributed by atoms with Gasteiger partial charge in [0.05, 0.1) is 4.90 Å². The number of nitrogens with zero attached hydrogens (tertiary/aromatic N) is 1. The van der Waals surface area contributed by atoms with E-state index < -0.39 is 10.0 Å². The second-order valence-corrected chi connectivity index (χ2v) is 7.36. The Bertz CT molecular complexity index is 481. The minimum atomic E-state index is -3.35. The van der Waals surface area contributed by atoms with Crippen molar-refractivity contribution >= 4 is 32.6 Å². The van der Waals surface area contributed by atoms with Crippen molar-refractivity contribution in [2.45, 2.75) is 17.4 Å². The molecule has 2 rings (SSSR count). The van der Waals surface area contributed by atoms with Crippen molar-refractivity contribution in [2.24, 2.45) is 0 Å². The van der Waals surface area contributed by atoms with Crippen molar-refractivity contribution in [2.75, 3.05) is 20.1 Å². The van der Waals surface area contributed by atoms with Gasteiger partial charge >= 0.3 is 0 Å². The standard InChI is InChI=1S/C11H15IN2O2S/c1-14(10-6-7-13-8-10)17(15,16)11-4-2-9(12)3-5-11/h2-5,10,13H,6-8H2,1H3. The van der Waals surface area contributed by atoms with Crippen molar-refractivity contribution in [1.29, 1.82) is 0 Å². The van der Waals surface area contributed by atoms with Crippen molar-refractivity contribution in [1.82, 2.24) is 9.62 Å². The number of hydrogen-bond acceptors (Lipinski definition) is 3. The predicted octanol–water partition coefficient (Wildman–Crippen LogP) is 1.27. The maximum absolute atomic E-state index is 12.3. The Labute approximate surface area is 116 Å². The third-order valence-corrected chi connectivity index (χ3v) is 5.68. The van der Waals surface area contributed by atoms with Gasteiger partial charge in [-0.1, -0.05) is 0 Å². The van der Waals surface area contributed by atoms with Crippen LogP contribution in [0.5, 0.6) is 0 Å². The first-order valence-corrected chi connectivity index (χ1v) is 7.98. The predicted molar refractivity (Wildman–Crippen MR) is 75.4 cm³/mol. The summed E-state index contributed by atoms with van der Waals surface area (Å²) < 4.78 is 27.2. The molecule has 17 heavy (non-hydrogen) atoms. The highest BCUT2D eigenvalue weighted by Crippen LogP contribution is 2.20. The average Bonchev–Trinajstić information content (AvgIpc) is 2.82. The van der Waals surface area contributed by atoms with E-state index in [0.29, 0.717) is 4.90 Å². The molecule has 1 saturated heterocycles. The fraction of sp³-hybridized carbons (Fsp3) is 0.455.